The molecule has 0 saturated carbocycles. The van der Waals surface area contributed by atoms with Crippen LogP contribution >= 0.6 is 11.6 Å². The summed E-state index contributed by atoms with van der Waals surface area (Å²) in [4.78, 5) is 16.8. The zero-order chi connectivity index (χ0) is 17.2. The van der Waals surface area contributed by atoms with Gasteiger partial charge in [0.15, 0.2) is 0 Å². The summed E-state index contributed by atoms with van der Waals surface area (Å²) in [6.07, 6.45) is 3.34. The maximum atomic E-state index is 12.5. The van der Waals surface area contributed by atoms with Gasteiger partial charge in [-0.1, -0.05) is 30.7 Å². The Balaban J connectivity index is 1.56. The SMILES string of the molecule is CCC(O)CN1CCC2(CC1)CC(=O)N(Cc1ccc(Cl)cc1)C2. The number of nitrogens with zero attached hydrogens (tertiary/aromatic N) is 2. The third-order valence-electron chi connectivity index (χ3n) is 5.55. The van der Waals surface area contributed by atoms with E-state index >= 15 is 0 Å². The Morgan fingerprint density at radius 2 is 1.92 bits per heavy atom. The van der Waals surface area contributed by atoms with Crippen LogP contribution in [0.15, 0.2) is 24.3 Å². The maximum Gasteiger partial charge on any atom is 0.223 e. The van der Waals surface area contributed by atoms with Crippen LogP contribution in [0.3, 0.4) is 0 Å². The fourth-order valence-corrected chi connectivity index (χ4v) is 4.03. The molecule has 1 aromatic rings. The van der Waals surface area contributed by atoms with Gasteiger partial charge < -0.3 is 14.9 Å². The molecular formula is C19H27ClN2O2. The molecule has 2 aliphatic rings. The summed E-state index contributed by atoms with van der Waals surface area (Å²) in [6, 6.07) is 7.75. The molecule has 3 rings (SSSR count). The molecular weight excluding hydrogens is 324 g/mol. The van der Waals surface area contributed by atoms with Gasteiger partial charge in [0.25, 0.3) is 0 Å². The van der Waals surface area contributed by atoms with Crippen LogP contribution in [0.25, 0.3) is 0 Å². The van der Waals surface area contributed by atoms with Crippen LogP contribution in [0.4, 0.5) is 0 Å². The molecule has 5 heteroatoms. The first kappa shape index (κ1) is 17.7. The number of likely N-dealkylation sites (tertiary alicyclic amines) is 2. The number of carbonyl (C=O) groups excluding carboxylic acids is 1. The Morgan fingerprint density at radius 3 is 2.54 bits per heavy atom. The number of benzene rings is 1. The predicted molar refractivity (Wildman–Crippen MR) is 95.9 cm³/mol. The van der Waals surface area contributed by atoms with Crippen molar-refractivity contribution in [2.45, 2.75) is 45.3 Å². The lowest BCUT2D eigenvalue weighted by molar-refractivity contribution is -0.128. The molecule has 1 N–H and O–H groups in total. The largest absolute Gasteiger partial charge is 0.392 e. The van der Waals surface area contributed by atoms with Crippen molar-refractivity contribution in [2.75, 3.05) is 26.2 Å². The minimum Gasteiger partial charge on any atom is -0.392 e. The van der Waals surface area contributed by atoms with Crippen molar-refractivity contribution in [2.24, 2.45) is 5.41 Å². The van der Waals surface area contributed by atoms with Gasteiger partial charge in [-0.05, 0) is 55.5 Å². The van der Waals surface area contributed by atoms with Crippen molar-refractivity contribution in [1.29, 1.82) is 0 Å². The molecule has 1 spiro atoms. The summed E-state index contributed by atoms with van der Waals surface area (Å²) in [6.45, 7) is 6.28. The molecule has 0 aliphatic carbocycles. The minimum atomic E-state index is -0.231. The van der Waals surface area contributed by atoms with E-state index in [1.807, 2.05) is 36.1 Å². The molecule has 0 aromatic heterocycles. The highest BCUT2D eigenvalue weighted by Gasteiger charge is 2.44. The van der Waals surface area contributed by atoms with Crippen molar-refractivity contribution in [1.82, 2.24) is 9.80 Å². The molecule has 1 aromatic carbocycles. The van der Waals surface area contributed by atoms with Gasteiger partial charge in [0, 0.05) is 31.1 Å². The van der Waals surface area contributed by atoms with Crippen LogP contribution in [0.2, 0.25) is 5.02 Å². The van der Waals surface area contributed by atoms with E-state index in [1.54, 1.807) is 0 Å². The molecule has 2 fully saturated rings. The van der Waals surface area contributed by atoms with E-state index < -0.39 is 0 Å². The quantitative estimate of drug-likeness (QED) is 0.888. The summed E-state index contributed by atoms with van der Waals surface area (Å²) in [5.41, 5.74) is 1.27. The first-order chi connectivity index (χ1) is 11.5. The zero-order valence-electron chi connectivity index (χ0n) is 14.4. The number of amides is 1. The smallest absolute Gasteiger partial charge is 0.223 e. The lowest BCUT2D eigenvalue weighted by Crippen LogP contribution is -2.44. The van der Waals surface area contributed by atoms with Crippen LogP contribution in [-0.2, 0) is 11.3 Å². The lowest BCUT2D eigenvalue weighted by atomic mass is 9.77. The number of halogens is 1. The number of hydrogen-bond acceptors (Lipinski definition) is 3. The van der Waals surface area contributed by atoms with E-state index in [9.17, 15) is 9.90 Å². The summed E-state index contributed by atoms with van der Waals surface area (Å²) < 4.78 is 0. The van der Waals surface area contributed by atoms with Crippen LogP contribution < -0.4 is 0 Å². The van der Waals surface area contributed by atoms with Gasteiger partial charge in [0.05, 0.1) is 6.10 Å². The van der Waals surface area contributed by atoms with Gasteiger partial charge in [-0.25, -0.2) is 0 Å². The highest BCUT2D eigenvalue weighted by Crippen LogP contribution is 2.41. The topological polar surface area (TPSA) is 43.8 Å². The first-order valence-corrected chi connectivity index (χ1v) is 9.30. The number of aliphatic hydroxyl groups is 1. The minimum absolute atomic E-state index is 0.136. The first-order valence-electron chi connectivity index (χ1n) is 8.92. The lowest BCUT2D eigenvalue weighted by Gasteiger charge is -2.39. The van der Waals surface area contributed by atoms with E-state index in [4.69, 9.17) is 11.6 Å². The van der Waals surface area contributed by atoms with Gasteiger partial charge in [0.1, 0.15) is 0 Å². The van der Waals surface area contributed by atoms with Gasteiger partial charge >= 0.3 is 0 Å². The molecule has 24 heavy (non-hydrogen) atoms. The molecule has 0 radical (unpaired) electrons. The number of rotatable bonds is 5. The number of β-amino-alcohol motifs (C(OH)–C–C–N with tert-alkyl or cyclic N) is 1. The fourth-order valence-electron chi connectivity index (χ4n) is 3.91. The molecule has 4 nitrogen and oxygen atoms in total. The Kier molecular flexibility index (Phi) is 5.48. The Bertz CT molecular complexity index is 567. The molecule has 1 amide bonds. The van der Waals surface area contributed by atoms with E-state index in [-0.39, 0.29) is 17.4 Å². The summed E-state index contributed by atoms with van der Waals surface area (Å²) >= 11 is 5.93. The molecule has 132 valence electrons. The van der Waals surface area contributed by atoms with Gasteiger partial charge in [-0.2, -0.15) is 0 Å². The summed E-state index contributed by atoms with van der Waals surface area (Å²) in [5.74, 6) is 0.270. The van der Waals surface area contributed by atoms with Crippen LogP contribution in [0, 0.1) is 5.41 Å². The summed E-state index contributed by atoms with van der Waals surface area (Å²) in [5, 5.41) is 10.5. The van der Waals surface area contributed by atoms with E-state index in [0.717, 1.165) is 56.0 Å². The monoisotopic (exact) mass is 350 g/mol. The average molecular weight is 351 g/mol. The van der Waals surface area contributed by atoms with Crippen LogP contribution in [0.1, 0.15) is 38.2 Å². The van der Waals surface area contributed by atoms with Crippen molar-refractivity contribution in [3.63, 3.8) is 0 Å². The maximum absolute atomic E-state index is 12.5. The number of carbonyl (C=O) groups is 1. The second-order valence-electron chi connectivity index (χ2n) is 7.42. The Morgan fingerprint density at radius 1 is 1.25 bits per heavy atom. The number of aliphatic hydroxyl groups excluding tert-OH is 1. The van der Waals surface area contributed by atoms with Crippen molar-refractivity contribution >= 4 is 17.5 Å². The third-order valence-corrected chi connectivity index (χ3v) is 5.80. The standard InChI is InChI=1S/C19H27ClN2O2/c1-2-17(23)13-21-9-7-19(8-10-21)11-18(24)22(14-19)12-15-3-5-16(20)6-4-15/h3-6,17,23H,2,7-14H2,1H3. The molecule has 1 unspecified atom stereocenters. The zero-order valence-corrected chi connectivity index (χ0v) is 15.1. The average Bonchev–Trinajstić information content (AvgIpc) is 2.87. The Labute approximate surface area is 149 Å². The van der Waals surface area contributed by atoms with E-state index in [1.165, 1.54) is 0 Å². The van der Waals surface area contributed by atoms with Crippen LogP contribution in [-0.4, -0.2) is 53.1 Å². The normalized spacial score (nSPS) is 22.3. The van der Waals surface area contributed by atoms with Crippen molar-refractivity contribution in [3.8, 4) is 0 Å². The second kappa shape index (κ2) is 7.42. The highest BCUT2D eigenvalue weighted by molar-refractivity contribution is 6.30. The highest BCUT2D eigenvalue weighted by atomic mass is 35.5. The molecule has 0 bridgehead atoms. The molecule has 2 heterocycles. The number of hydrogen-bond donors (Lipinski definition) is 1. The Hall–Kier alpha value is -1.10. The second-order valence-corrected chi connectivity index (χ2v) is 7.85. The third kappa shape index (κ3) is 4.11. The van der Waals surface area contributed by atoms with Crippen LogP contribution in [0.5, 0.6) is 0 Å². The molecule has 2 aliphatic heterocycles. The molecule has 2 saturated heterocycles. The van der Waals surface area contributed by atoms with Crippen molar-refractivity contribution in [3.05, 3.63) is 34.9 Å². The van der Waals surface area contributed by atoms with Crippen molar-refractivity contribution < 1.29 is 9.90 Å². The summed E-state index contributed by atoms with van der Waals surface area (Å²) in [7, 11) is 0. The van der Waals surface area contributed by atoms with Gasteiger partial charge in [0.2, 0.25) is 5.91 Å². The van der Waals surface area contributed by atoms with E-state index in [0.29, 0.717) is 13.0 Å². The van der Waals surface area contributed by atoms with Gasteiger partial charge in [-0.15, -0.1) is 0 Å². The fraction of sp³-hybridized carbons (Fsp3) is 0.632. The van der Waals surface area contributed by atoms with E-state index in [2.05, 4.69) is 4.90 Å². The van der Waals surface area contributed by atoms with Gasteiger partial charge in [-0.3, -0.25) is 4.79 Å². The number of piperidine rings is 1. The molecule has 1 atom stereocenters. The predicted octanol–water partition coefficient (Wildman–Crippen LogP) is 2.93.